The molecule has 0 saturated carbocycles. The molecule has 1 unspecified atom stereocenters. The van der Waals surface area contributed by atoms with E-state index in [9.17, 15) is 10.0 Å². The van der Waals surface area contributed by atoms with Gasteiger partial charge in [-0.05, 0) is 36.6 Å². The van der Waals surface area contributed by atoms with Crippen LogP contribution in [0.3, 0.4) is 0 Å². The number of nitroso groups, excluding NO2 is 1. The van der Waals surface area contributed by atoms with Crippen molar-refractivity contribution >= 4 is 0 Å². The zero-order chi connectivity index (χ0) is 11.5. The third-order valence-corrected chi connectivity index (χ3v) is 2.68. The van der Waals surface area contributed by atoms with Crippen molar-refractivity contribution in [2.45, 2.75) is 25.9 Å². The molecule has 0 bridgehead atoms. The first-order valence-electron chi connectivity index (χ1n) is 5.18. The van der Waals surface area contributed by atoms with Gasteiger partial charge in [-0.15, -0.1) is 4.91 Å². The fourth-order valence-electron chi connectivity index (χ4n) is 1.86. The van der Waals surface area contributed by atoms with Gasteiger partial charge in [-0.3, -0.25) is 0 Å². The highest BCUT2D eigenvalue weighted by Crippen LogP contribution is 2.30. The molecule has 4 nitrogen and oxygen atoms in total. The number of aliphatic hydroxyl groups is 1. The van der Waals surface area contributed by atoms with Crippen molar-refractivity contribution in [3.8, 4) is 5.75 Å². The number of nitrogens with zero attached hydrogens (tertiary/aromatic N) is 1. The third kappa shape index (κ3) is 2.05. The van der Waals surface area contributed by atoms with E-state index in [1.165, 1.54) is 5.56 Å². The molecule has 0 aromatic heterocycles. The number of hydrogen-bond donors (Lipinski definition) is 1. The van der Waals surface area contributed by atoms with Gasteiger partial charge in [0.15, 0.2) is 11.9 Å². The lowest BCUT2D eigenvalue weighted by Gasteiger charge is -2.25. The highest BCUT2D eigenvalue weighted by atomic mass is 16.5. The Morgan fingerprint density at radius 1 is 1.62 bits per heavy atom. The van der Waals surface area contributed by atoms with E-state index < -0.39 is 6.10 Å². The predicted molar refractivity (Wildman–Crippen MR) is 60.4 cm³/mol. The Morgan fingerprint density at radius 3 is 3.19 bits per heavy atom. The Labute approximate surface area is 93.5 Å². The smallest absolute Gasteiger partial charge is 0.157 e. The van der Waals surface area contributed by atoms with E-state index in [0.717, 1.165) is 23.9 Å². The molecule has 1 heterocycles. The molecule has 0 fully saturated rings. The number of aryl methyl sites for hydroxylation is 2. The van der Waals surface area contributed by atoms with Crippen molar-refractivity contribution in [3.05, 3.63) is 46.2 Å². The first-order chi connectivity index (χ1) is 7.70. The topological polar surface area (TPSA) is 58.9 Å². The normalized spacial score (nSPS) is 19.8. The van der Waals surface area contributed by atoms with Crippen LogP contribution < -0.4 is 4.74 Å². The molecule has 0 aliphatic carbocycles. The molecule has 84 valence electrons. The Bertz CT molecular complexity index is 440. The molecule has 1 aliphatic heterocycles. The molecule has 0 radical (unpaired) electrons. The zero-order valence-electron chi connectivity index (χ0n) is 9.01. The van der Waals surface area contributed by atoms with Gasteiger partial charge in [0.05, 0.1) is 0 Å². The molecule has 1 N–H and O–H groups in total. The lowest BCUT2D eigenvalue weighted by atomic mass is 10.00. The Morgan fingerprint density at radius 2 is 2.44 bits per heavy atom. The maximum atomic E-state index is 10.0. The second-order valence-electron chi connectivity index (χ2n) is 3.92. The van der Waals surface area contributed by atoms with Gasteiger partial charge in [-0.2, -0.15) is 0 Å². The average Bonchev–Trinajstić information content (AvgIpc) is 2.28. The van der Waals surface area contributed by atoms with Crippen LogP contribution in [0.4, 0.5) is 0 Å². The molecule has 1 atom stereocenters. The second-order valence-corrected chi connectivity index (χ2v) is 3.92. The number of fused-ring (bicyclic) bond motifs is 1. The van der Waals surface area contributed by atoms with Crippen molar-refractivity contribution in [2.75, 3.05) is 0 Å². The van der Waals surface area contributed by atoms with Gasteiger partial charge < -0.3 is 9.84 Å². The maximum Gasteiger partial charge on any atom is 0.157 e. The predicted octanol–water partition coefficient (Wildman–Crippen LogP) is 2.85. The van der Waals surface area contributed by atoms with Crippen molar-refractivity contribution in [1.29, 1.82) is 0 Å². The summed E-state index contributed by atoms with van der Waals surface area (Å²) in [5.74, 6) is 0.661. The molecule has 0 amide bonds. The van der Waals surface area contributed by atoms with E-state index in [4.69, 9.17) is 4.74 Å². The minimum absolute atomic E-state index is 0.110. The summed E-state index contributed by atoms with van der Waals surface area (Å²) in [5, 5.41) is 12.0. The van der Waals surface area contributed by atoms with E-state index in [0.29, 0.717) is 6.42 Å². The summed E-state index contributed by atoms with van der Waals surface area (Å²) in [6.45, 7) is 2.03. The zero-order valence-corrected chi connectivity index (χ0v) is 9.01. The largest absolute Gasteiger partial charge is 0.507 e. The summed E-state index contributed by atoms with van der Waals surface area (Å²) < 4.78 is 5.58. The second kappa shape index (κ2) is 4.35. The number of aliphatic hydroxyl groups excluding tert-OH is 1. The molecule has 16 heavy (non-hydrogen) atoms. The van der Waals surface area contributed by atoms with Crippen LogP contribution in [0.15, 0.2) is 35.3 Å². The quantitative estimate of drug-likeness (QED) is 0.614. The summed E-state index contributed by atoms with van der Waals surface area (Å²) >= 11 is 0. The van der Waals surface area contributed by atoms with E-state index >= 15 is 0 Å². The van der Waals surface area contributed by atoms with Gasteiger partial charge in [-0.1, -0.05) is 17.7 Å². The SMILES string of the molecule is Cc1ccc2c(c1)CCC(/C(O)=C/N=O)O2. The Hall–Kier alpha value is -1.84. The molecule has 4 heteroatoms. The summed E-state index contributed by atoms with van der Waals surface area (Å²) in [7, 11) is 0. The average molecular weight is 219 g/mol. The lowest BCUT2D eigenvalue weighted by Crippen LogP contribution is -2.24. The molecule has 0 saturated heterocycles. The van der Waals surface area contributed by atoms with Gasteiger partial charge in [0, 0.05) is 0 Å². The van der Waals surface area contributed by atoms with Crippen LogP contribution in [-0.2, 0) is 6.42 Å². The first kappa shape index (κ1) is 10.7. The van der Waals surface area contributed by atoms with Gasteiger partial charge in [0.1, 0.15) is 11.9 Å². The number of benzene rings is 1. The summed E-state index contributed by atoms with van der Waals surface area (Å²) in [6.07, 6.45) is 1.93. The van der Waals surface area contributed by atoms with Gasteiger partial charge >= 0.3 is 0 Å². The van der Waals surface area contributed by atoms with Gasteiger partial charge in [-0.25, -0.2) is 0 Å². The molecular weight excluding hydrogens is 206 g/mol. The molecule has 1 aromatic carbocycles. The molecule has 1 aromatic rings. The summed E-state index contributed by atoms with van der Waals surface area (Å²) in [6, 6.07) is 5.92. The van der Waals surface area contributed by atoms with E-state index in [2.05, 4.69) is 11.2 Å². The van der Waals surface area contributed by atoms with Crippen LogP contribution in [0.1, 0.15) is 17.5 Å². The number of rotatable bonds is 2. The standard InChI is InChI=1S/C12H13NO3/c1-8-2-4-11-9(6-8)3-5-12(16-11)10(14)7-13-15/h2,4,6-7,12,14H,3,5H2,1H3/b10-7-. The maximum absolute atomic E-state index is 10.0. The van der Waals surface area contributed by atoms with Crippen LogP contribution in [-0.4, -0.2) is 11.2 Å². The Kier molecular flexibility index (Phi) is 2.90. The minimum Gasteiger partial charge on any atom is -0.507 e. The first-order valence-corrected chi connectivity index (χ1v) is 5.18. The molecule has 0 spiro atoms. The van der Waals surface area contributed by atoms with E-state index in [1.54, 1.807) is 0 Å². The van der Waals surface area contributed by atoms with Crippen LogP contribution in [0, 0.1) is 11.8 Å². The molecular formula is C12H13NO3. The highest BCUT2D eigenvalue weighted by Gasteiger charge is 2.22. The molecule has 1 aliphatic rings. The van der Waals surface area contributed by atoms with Crippen molar-refractivity contribution in [2.24, 2.45) is 5.18 Å². The molecule has 2 rings (SSSR count). The van der Waals surface area contributed by atoms with Crippen molar-refractivity contribution in [1.82, 2.24) is 0 Å². The minimum atomic E-state index is -0.451. The number of ether oxygens (including phenoxy) is 1. The van der Waals surface area contributed by atoms with Gasteiger partial charge in [0.25, 0.3) is 0 Å². The summed E-state index contributed by atoms with van der Waals surface area (Å²) in [5.41, 5.74) is 2.33. The van der Waals surface area contributed by atoms with E-state index in [-0.39, 0.29) is 5.76 Å². The summed E-state index contributed by atoms with van der Waals surface area (Å²) in [4.78, 5) is 10.0. The van der Waals surface area contributed by atoms with Crippen LogP contribution in [0.2, 0.25) is 0 Å². The third-order valence-electron chi connectivity index (χ3n) is 2.68. The number of hydrogen-bond acceptors (Lipinski definition) is 4. The van der Waals surface area contributed by atoms with Crippen LogP contribution >= 0.6 is 0 Å². The Balaban J connectivity index is 2.21. The fourth-order valence-corrected chi connectivity index (χ4v) is 1.86. The van der Waals surface area contributed by atoms with Crippen LogP contribution in [0.5, 0.6) is 5.75 Å². The highest BCUT2D eigenvalue weighted by molar-refractivity contribution is 5.39. The fraction of sp³-hybridized carbons (Fsp3) is 0.333. The van der Waals surface area contributed by atoms with Crippen LogP contribution in [0.25, 0.3) is 0 Å². The monoisotopic (exact) mass is 219 g/mol. The van der Waals surface area contributed by atoms with Crippen molar-refractivity contribution < 1.29 is 9.84 Å². The van der Waals surface area contributed by atoms with Gasteiger partial charge in [0.2, 0.25) is 0 Å². The van der Waals surface area contributed by atoms with E-state index in [1.807, 2.05) is 19.1 Å². The lowest BCUT2D eigenvalue weighted by molar-refractivity contribution is 0.152. The van der Waals surface area contributed by atoms with Crippen molar-refractivity contribution in [3.63, 3.8) is 0 Å².